The molecular formula is C13H24N2O2. The number of likely N-dealkylation sites (tertiary alicyclic amines) is 1. The minimum absolute atomic E-state index is 0.0972. The Balaban J connectivity index is 1.80. The first-order chi connectivity index (χ1) is 7.80. The van der Waals surface area contributed by atoms with Gasteiger partial charge in [0.25, 0.3) is 0 Å². The van der Waals surface area contributed by atoms with Gasteiger partial charge in [0.05, 0.1) is 0 Å². The zero-order valence-electron chi connectivity index (χ0n) is 11.2. The predicted octanol–water partition coefficient (Wildman–Crippen LogP) is 2.12. The number of nitrogens with two attached hydrogens (primary N) is 1. The lowest BCUT2D eigenvalue weighted by Crippen LogP contribution is -2.46. The quantitative estimate of drug-likeness (QED) is 0.764. The molecular weight excluding hydrogens is 216 g/mol. The molecule has 4 heteroatoms. The number of ether oxygens (including phenoxy) is 1. The summed E-state index contributed by atoms with van der Waals surface area (Å²) < 4.78 is 5.37. The second kappa shape index (κ2) is 4.16. The Bertz CT molecular complexity index is 297. The largest absolute Gasteiger partial charge is 0.444 e. The van der Waals surface area contributed by atoms with E-state index in [2.05, 4.69) is 0 Å². The Morgan fingerprint density at radius 3 is 2.24 bits per heavy atom. The second-order valence-corrected chi connectivity index (χ2v) is 6.47. The van der Waals surface area contributed by atoms with Crippen molar-refractivity contribution < 1.29 is 9.53 Å². The Hall–Kier alpha value is -0.770. The van der Waals surface area contributed by atoms with Gasteiger partial charge in [-0.3, -0.25) is 0 Å². The molecule has 0 radical (unpaired) electrons. The van der Waals surface area contributed by atoms with E-state index in [9.17, 15) is 4.79 Å². The summed E-state index contributed by atoms with van der Waals surface area (Å²) >= 11 is 0. The van der Waals surface area contributed by atoms with Crippen molar-refractivity contribution in [3.05, 3.63) is 0 Å². The fourth-order valence-corrected chi connectivity index (χ4v) is 2.52. The first kappa shape index (κ1) is 12.7. The molecule has 0 aromatic carbocycles. The monoisotopic (exact) mass is 240 g/mol. The first-order valence-corrected chi connectivity index (χ1v) is 6.57. The molecule has 1 saturated carbocycles. The fraction of sp³-hybridized carbons (Fsp3) is 0.923. The molecule has 0 atom stereocenters. The van der Waals surface area contributed by atoms with Gasteiger partial charge in [-0.25, -0.2) is 4.79 Å². The first-order valence-electron chi connectivity index (χ1n) is 6.57. The highest BCUT2D eigenvalue weighted by Crippen LogP contribution is 2.44. The maximum atomic E-state index is 11.9. The number of nitrogens with zero attached hydrogens (tertiary/aromatic N) is 1. The molecule has 1 saturated heterocycles. The maximum Gasteiger partial charge on any atom is 0.410 e. The van der Waals surface area contributed by atoms with E-state index >= 15 is 0 Å². The van der Waals surface area contributed by atoms with Crippen molar-refractivity contribution in [1.29, 1.82) is 0 Å². The Morgan fingerprint density at radius 1 is 1.29 bits per heavy atom. The van der Waals surface area contributed by atoms with E-state index in [1.165, 1.54) is 0 Å². The molecule has 1 aliphatic heterocycles. The van der Waals surface area contributed by atoms with Crippen LogP contribution in [0.15, 0.2) is 0 Å². The molecule has 1 aliphatic carbocycles. The van der Waals surface area contributed by atoms with Crippen molar-refractivity contribution in [2.45, 2.75) is 57.6 Å². The third-order valence-corrected chi connectivity index (χ3v) is 3.79. The predicted molar refractivity (Wildman–Crippen MR) is 66.7 cm³/mol. The van der Waals surface area contributed by atoms with Gasteiger partial charge in [0.1, 0.15) is 5.60 Å². The summed E-state index contributed by atoms with van der Waals surface area (Å²) in [6, 6.07) is 0. The Labute approximate surface area is 103 Å². The van der Waals surface area contributed by atoms with Crippen LogP contribution in [0.3, 0.4) is 0 Å². The zero-order valence-corrected chi connectivity index (χ0v) is 11.2. The van der Waals surface area contributed by atoms with Crippen molar-refractivity contribution >= 4 is 6.09 Å². The van der Waals surface area contributed by atoms with E-state index in [1.54, 1.807) is 0 Å². The van der Waals surface area contributed by atoms with E-state index in [0.29, 0.717) is 5.92 Å². The van der Waals surface area contributed by atoms with Crippen molar-refractivity contribution in [2.75, 3.05) is 13.1 Å². The molecule has 1 amide bonds. The smallest absolute Gasteiger partial charge is 0.410 e. The van der Waals surface area contributed by atoms with Crippen LogP contribution < -0.4 is 5.73 Å². The summed E-state index contributed by atoms with van der Waals surface area (Å²) in [7, 11) is 0. The lowest BCUT2D eigenvalue weighted by molar-refractivity contribution is 0.0170. The third kappa shape index (κ3) is 3.12. The number of hydrogen-bond acceptors (Lipinski definition) is 3. The number of carbonyl (C=O) groups excluding carboxylic acids is 1. The van der Waals surface area contributed by atoms with Gasteiger partial charge in [-0.2, -0.15) is 0 Å². The van der Waals surface area contributed by atoms with Crippen LogP contribution in [0.2, 0.25) is 0 Å². The van der Waals surface area contributed by atoms with Gasteiger partial charge in [0.2, 0.25) is 0 Å². The van der Waals surface area contributed by atoms with Crippen LogP contribution in [0.1, 0.15) is 46.5 Å². The molecule has 0 bridgehead atoms. The highest BCUT2D eigenvalue weighted by Gasteiger charge is 2.46. The molecule has 1 heterocycles. The van der Waals surface area contributed by atoms with Crippen molar-refractivity contribution in [2.24, 2.45) is 11.7 Å². The minimum Gasteiger partial charge on any atom is -0.444 e. The Morgan fingerprint density at radius 2 is 1.82 bits per heavy atom. The van der Waals surface area contributed by atoms with Crippen LogP contribution >= 0.6 is 0 Å². The lowest BCUT2D eigenvalue weighted by Gasteiger charge is -2.35. The topological polar surface area (TPSA) is 55.6 Å². The Kier molecular flexibility index (Phi) is 3.10. The van der Waals surface area contributed by atoms with Gasteiger partial charge in [0.15, 0.2) is 0 Å². The average molecular weight is 240 g/mol. The molecule has 2 N–H and O–H groups in total. The molecule has 17 heavy (non-hydrogen) atoms. The highest BCUT2D eigenvalue weighted by atomic mass is 16.6. The molecule has 98 valence electrons. The van der Waals surface area contributed by atoms with Crippen molar-refractivity contribution in [3.63, 3.8) is 0 Å². The highest BCUT2D eigenvalue weighted by molar-refractivity contribution is 5.68. The van der Waals surface area contributed by atoms with Gasteiger partial charge >= 0.3 is 6.09 Å². The maximum absolute atomic E-state index is 11.9. The minimum atomic E-state index is -0.403. The average Bonchev–Trinajstić information content (AvgIpc) is 2.96. The van der Waals surface area contributed by atoms with Crippen LogP contribution in [0.5, 0.6) is 0 Å². The number of rotatable bonds is 1. The fourth-order valence-electron chi connectivity index (χ4n) is 2.52. The van der Waals surface area contributed by atoms with Crippen LogP contribution in [0, 0.1) is 5.92 Å². The SMILES string of the molecule is CC(C)(C)OC(=O)N1CCC(C2(N)CC2)CC1. The van der Waals surface area contributed by atoms with Crippen molar-refractivity contribution in [1.82, 2.24) is 4.90 Å². The lowest BCUT2D eigenvalue weighted by atomic mass is 9.88. The normalized spacial score (nSPS) is 24.6. The van der Waals surface area contributed by atoms with Gasteiger partial charge in [0, 0.05) is 18.6 Å². The molecule has 2 rings (SSSR count). The molecule has 0 aromatic heterocycles. The summed E-state index contributed by atoms with van der Waals surface area (Å²) in [4.78, 5) is 13.7. The van der Waals surface area contributed by atoms with Gasteiger partial charge in [-0.05, 0) is 52.4 Å². The van der Waals surface area contributed by atoms with E-state index < -0.39 is 5.60 Å². The van der Waals surface area contributed by atoms with Crippen LogP contribution in [0.4, 0.5) is 4.79 Å². The molecule has 4 nitrogen and oxygen atoms in total. The van der Waals surface area contributed by atoms with Crippen molar-refractivity contribution in [3.8, 4) is 0 Å². The van der Waals surface area contributed by atoms with E-state index in [0.717, 1.165) is 38.8 Å². The third-order valence-electron chi connectivity index (χ3n) is 3.79. The van der Waals surface area contributed by atoms with Crippen LogP contribution in [-0.4, -0.2) is 35.2 Å². The summed E-state index contributed by atoms with van der Waals surface area (Å²) in [5.41, 5.74) is 5.90. The number of piperidine rings is 1. The summed E-state index contributed by atoms with van der Waals surface area (Å²) in [5, 5.41) is 0. The number of amides is 1. The molecule has 2 aliphatic rings. The van der Waals surface area contributed by atoms with E-state index in [-0.39, 0.29) is 11.6 Å². The summed E-state index contributed by atoms with van der Waals surface area (Å²) in [6.07, 6.45) is 4.18. The zero-order chi connectivity index (χ0) is 12.7. The molecule has 0 unspecified atom stereocenters. The van der Waals surface area contributed by atoms with Gasteiger partial charge in [-0.15, -0.1) is 0 Å². The second-order valence-electron chi connectivity index (χ2n) is 6.47. The number of carbonyl (C=O) groups is 1. The van der Waals surface area contributed by atoms with Gasteiger partial charge < -0.3 is 15.4 Å². The molecule has 0 spiro atoms. The van der Waals surface area contributed by atoms with Crippen LogP contribution in [-0.2, 0) is 4.74 Å². The van der Waals surface area contributed by atoms with Gasteiger partial charge in [-0.1, -0.05) is 0 Å². The molecule has 2 fully saturated rings. The van der Waals surface area contributed by atoms with Crippen LogP contribution in [0.25, 0.3) is 0 Å². The van der Waals surface area contributed by atoms with E-state index in [1.807, 2.05) is 25.7 Å². The standard InChI is InChI=1S/C13H24N2O2/c1-12(2,3)17-11(16)15-8-4-10(5-9-15)13(14)6-7-13/h10H,4-9,14H2,1-3H3. The van der Waals surface area contributed by atoms with E-state index in [4.69, 9.17) is 10.5 Å². The number of hydrogen-bond donors (Lipinski definition) is 1. The summed E-state index contributed by atoms with van der Waals surface area (Å²) in [6.45, 7) is 7.28. The summed E-state index contributed by atoms with van der Waals surface area (Å²) in [5.74, 6) is 0.598. The molecule has 0 aromatic rings.